The summed E-state index contributed by atoms with van der Waals surface area (Å²) in [5.41, 5.74) is 0.693. The van der Waals surface area contributed by atoms with Crippen LogP contribution in [0.15, 0.2) is 59.5 Å². The van der Waals surface area contributed by atoms with Crippen molar-refractivity contribution in [3.8, 4) is 11.5 Å². The van der Waals surface area contributed by atoms with Crippen LogP contribution in [0.3, 0.4) is 0 Å². The van der Waals surface area contributed by atoms with Crippen molar-refractivity contribution in [3.63, 3.8) is 0 Å². The first kappa shape index (κ1) is 32.0. The quantitative estimate of drug-likeness (QED) is 0.203. The van der Waals surface area contributed by atoms with Crippen LogP contribution in [0.1, 0.15) is 43.9 Å². The van der Waals surface area contributed by atoms with E-state index in [-0.39, 0.29) is 4.90 Å². The number of amides is 2. The summed E-state index contributed by atoms with van der Waals surface area (Å²) in [6.45, 7) is 5.49. The van der Waals surface area contributed by atoms with Crippen LogP contribution in [-0.2, 0) is 27.9 Å². The third-order valence-corrected chi connectivity index (χ3v) is 7.57. The fraction of sp³-hybridized carbons (Fsp3) is 0.269. The fourth-order valence-electron chi connectivity index (χ4n) is 3.80. The zero-order chi connectivity index (χ0) is 31.1. The maximum Gasteiger partial charge on any atom is 0.418 e. The Morgan fingerprint density at radius 1 is 0.951 bits per heavy atom. The molecule has 3 N–H and O–H groups in total. The number of carbonyl (C=O) groups excluding carboxylic acids is 1. The Hall–Kier alpha value is -3.49. The number of nitrogens with two attached hydrogens (primary N) is 1. The molecule has 2 amide bonds. The molecule has 0 spiro atoms. The van der Waals surface area contributed by atoms with Gasteiger partial charge in [0.15, 0.2) is 0 Å². The number of nitrogens with zero attached hydrogens (tertiary/aromatic N) is 1. The second kappa shape index (κ2) is 11.1. The number of alkyl halides is 6. The lowest BCUT2D eigenvalue weighted by Crippen LogP contribution is -2.33. The summed E-state index contributed by atoms with van der Waals surface area (Å²) in [5.74, 6) is -0.929. The molecule has 0 aliphatic carbocycles. The van der Waals surface area contributed by atoms with Crippen molar-refractivity contribution in [2.75, 3.05) is 4.90 Å². The van der Waals surface area contributed by atoms with Gasteiger partial charge in [-0.25, -0.2) is 4.79 Å². The number of benzene rings is 3. The van der Waals surface area contributed by atoms with Crippen LogP contribution < -0.4 is 15.4 Å². The molecule has 0 aromatic heterocycles. The Morgan fingerprint density at radius 3 is 2.07 bits per heavy atom. The van der Waals surface area contributed by atoms with E-state index in [0.29, 0.717) is 30.2 Å². The maximum absolute atomic E-state index is 14.0. The number of carbonyl (C=O) groups is 1. The Kier molecular flexibility index (Phi) is 8.64. The molecular weight excluding hydrogens is 602 g/mol. The molecule has 0 heterocycles. The van der Waals surface area contributed by atoms with E-state index in [0.717, 1.165) is 24.3 Å². The average Bonchev–Trinajstić information content (AvgIpc) is 2.83. The molecule has 222 valence electrons. The van der Waals surface area contributed by atoms with Gasteiger partial charge in [0.1, 0.15) is 16.4 Å². The molecule has 0 fully saturated rings. The minimum atomic E-state index is -5.12. The van der Waals surface area contributed by atoms with Gasteiger partial charge in [0.2, 0.25) is 0 Å². The first-order valence-electron chi connectivity index (χ1n) is 11.6. The largest absolute Gasteiger partial charge is 0.456 e. The lowest BCUT2D eigenvalue weighted by Gasteiger charge is -2.26. The minimum Gasteiger partial charge on any atom is -0.456 e. The van der Waals surface area contributed by atoms with E-state index in [1.165, 1.54) is 12.1 Å². The Balaban J connectivity index is 2.23. The zero-order valence-corrected chi connectivity index (χ0v) is 23.1. The molecule has 3 rings (SSSR count). The number of rotatable bonds is 7. The fourth-order valence-corrected chi connectivity index (χ4v) is 4.66. The van der Waals surface area contributed by atoms with Crippen LogP contribution in [0.2, 0.25) is 5.02 Å². The van der Waals surface area contributed by atoms with Crippen LogP contribution in [0, 0.1) is 0 Å². The first-order valence-corrected chi connectivity index (χ1v) is 13.5. The summed E-state index contributed by atoms with van der Waals surface area (Å²) in [4.78, 5) is 11.8. The van der Waals surface area contributed by atoms with Gasteiger partial charge in [-0.05, 0) is 59.9 Å². The van der Waals surface area contributed by atoms with Gasteiger partial charge in [-0.15, -0.1) is 0 Å². The summed E-state index contributed by atoms with van der Waals surface area (Å²) in [6, 6.07) is 6.14. The molecular formula is C26H23ClF6N2O5S. The van der Waals surface area contributed by atoms with E-state index in [4.69, 9.17) is 22.1 Å². The summed E-state index contributed by atoms with van der Waals surface area (Å²) in [5, 5.41) is -0.772. The highest BCUT2D eigenvalue weighted by Crippen LogP contribution is 2.44. The van der Waals surface area contributed by atoms with Crippen molar-refractivity contribution in [2.45, 2.75) is 49.9 Å². The number of hydrogen-bond acceptors (Lipinski definition) is 4. The summed E-state index contributed by atoms with van der Waals surface area (Å²) in [7, 11) is -4.89. The smallest absolute Gasteiger partial charge is 0.418 e. The SMILES string of the molecule is CCC(C)(C)c1ccc(Oc2ccc(C(F)(F)F)c(N(C(N)=O)c3ccc(Cl)c(C(F)(F)F)c3)c2)c(S(=O)(=O)O)c1. The zero-order valence-electron chi connectivity index (χ0n) is 21.6. The van der Waals surface area contributed by atoms with Crippen molar-refractivity contribution in [2.24, 2.45) is 5.73 Å². The Labute approximate surface area is 236 Å². The lowest BCUT2D eigenvalue weighted by molar-refractivity contribution is -0.138. The highest BCUT2D eigenvalue weighted by Gasteiger charge is 2.38. The van der Waals surface area contributed by atoms with Gasteiger partial charge in [0.25, 0.3) is 10.1 Å². The number of urea groups is 1. The van der Waals surface area contributed by atoms with E-state index >= 15 is 0 Å². The molecule has 0 bridgehead atoms. The van der Waals surface area contributed by atoms with Gasteiger partial charge in [-0.1, -0.05) is 38.4 Å². The molecule has 7 nitrogen and oxygen atoms in total. The molecule has 0 saturated heterocycles. The predicted molar refractivity (Wildman–Crippen MR) is 139 cm³/mol. The van der Waals surface area contributed by atoms with Crippen LogP contribution in [-0.4, -0.2) is 19.0 Å². The molecule has 0 radical (unpaired) electrons. The average molecular weight is 625 g/mol. The second-order valence-electron chi connectivity index (χ2n) is 9.49. The van der Waals surface area contributed by atoms with E-state index in [9.17, 15) is 44.1 Å². The molecule has 3 aromatic rings. The molecule has 0 atom stereocenters. The van der Waals surface area contributed by atoms with Crippen molar-refractivity contribution in [3.05, 3.63) is 76.3 Å². The molecule has 41 heavy (non-hydrogen) atoms. The first-order chi connectivity index (χ1) is 18.7. The van der Waals surface area contributed by atoms with Crippen molar-refractivity contribution in [1.29, 1.82) is 0 Å². The molecule has 15 heteroatoms. The highest BCUT2D eigenvalue weighted by molar-refractivity contribution is 7.86. The summed E-state index contributed by atoms with van der Waals surface area (Å²) in [6.07, 6.45) is -9.54. The maximum atomic E-state index is 14.0. The second-order valence-corrected chi connectivity index (χ2v) is 11.3. The number of hydrogen-bond donors (Lipinski definition) is 2. The molecule has 0 aliphatic rings. The molecule has 0 unspecified atom stereocenters. The number of primary amides is 1. The van der Waals surface area contributed by atoms with Gasteiger partial charge in [0, 0.05) is 6.07 Å². The molecule has 3 aromatic carbocycles. The van der Waals surface area contributed by atoms with Gasteiger partial charge in [0.05, 0.1) is 27.5 Å². The van der Waals surface area contributed by atoms with E-state index in [1.54, 1.807) is 0 Å². The number of halogens is 7. The Bertz CT molecular complexity index is 1590. The van der Waals surface area contributed by atoms with E-state index in [1.807, 2.05) is 20.8 Å². The predicted octanol–water partition coefficient (Wildman–Crippen LogP) is 8.32. The van der Waals surface area contributed by atoms with Crippen molar-refractivity contribution in [1.82, 2.24) is 0 Å². The van der Waals surface area contributed by atoms with Gasteiger partial charge >= 0.3 is 18.4 Å². The highest BCUT2D eigenvalue weighted by atomic mass is 35.5. The normalized spacial score (nSPS) is 12.8. The molecule has 0 saturated carbocycles. The van der Waals surface area contributed by atoms with Crippen LogP contribution in [0.25, 0.3) is 0 Å². The summed E-state index contributed by atoms with van der Waals surface area (Å²) >= 11 is 5.61. The number of ether oxygens (including phenoxy) is 1. The van der Waals surface area contributed by atoms with Crippen LogP contribution in [0.4, 0.5) is 42.5 Å². The van der Waals surface area contributed by atoms with Gasteiger partial charge in [-0.3, -0.25) is 9.45 Å². The van der Waals surface area contributed by atoms with Crippen molar-refractivity contribution >= 4 is 39.1 Å². The number of anilines is 2. The molecule has 0 aliphatic heterocycles. The monoisotopic (exact) mass is 624 g/mol. The van der Waals surface area contributed by atoms with Crippen LogP contribution in [0.5, 0.6) is 11.5 Å². The van der Waals surface area contributed by atoms with Crippen molar-refractivity contribution < 1.29 is 48.8 Å². The van der Waals surface area contributed by atoms with Crippen LogP contribution >= 0.6 is 11.6 Å². The van der Waals surface area contributed by atoms with Gasteiger partial charge < -0.3 is 10.5 Å². The third kappa shape index (κ3) is 7.05. The topological polar surface area (TPSA) is 110 Å². The Morgan fingerprint density at radius 2 is 1.56 bits per heavy atom. The van der Waals surface area contributed by atoms with E-state index < -0.39 is 77.8 Å². The summed E-state index contributed by atoms with van der Waals surface area (Å²) < 4.78 is 122. The van der Waals surface area contributed by atoms with Gasteiger partial charge in [-0.2, -0.15) is 34.8 Å². The lowest BCUT2D eigenvalue weighted by atomic mass is 9.82. The standard InChI is InChI=1S/C26H23ClF6N2O5S/c1-4-24(2,3)14-5-10-21(22(11-14)41(37,38)39)40-16-7-8-17(25(28,29)30)20(13-16)35(23(34)36)15-6-9-19(27)18(12-15)26(31,32)33/h5-13H,4H2,1-3H3,(H2,34,36)(H,37,38,39). The third-order valence-electron chi connectivity index (χ3n) is 6.36. The van der Waals surface area contributed by atoms with E-state index in [2.05, 4.69) is 0 Å². The minimum absolute atomic E-state index is 0.178.